The maximum atomic E-state index is 2.21. The molecule has 0 aromatic rings. The monoisotopic (exact) mass is 144 g/mol. The molecule has 0 amide bonds. The second-order valence-corrected chi connectivity index (χ2v) is 4.04. The fraction of sp³-hybridized carbons (Fsp3) is 1.00. The highest BCUT2D eigenvalue weighted by atomic mass is 15.2. The van der Waals surface area contributed by atoms with Crippen molar-refractivity contribution in [1.82, 2.24) is 0 Å². The quantitative estimate of drug-likeness (QED) is 0.403. The summed E-state index contributed by atoms with van der Waals surface area (Å²) in [6.45, 7) is 2.21. The van der Waals surface area contributed by atoms with E-state index in [1.807, 2.05) is 0 Å². The summed E-state index contributed by atoms with van der Waals surface area (Å²) < 4.78 is 1.00. The molecule has 0 atom stereocenters. The molecule has 0 heterocycles. The summed E-state index contributed by atoms with van der Waals surface area (Å²) in [5, 5.41) is 0. The van der Waals surface area contributed by atoms with Crippen molar-refractivity contribution in [3.05, 3.63) is 0 Å². The molecular weight excluding hydrogens is 121 g/mol. The number of quaternary nitrogens is 1. The topological polar surface area (TPSA) is 0 Å². The Hall–Kier alpha value is 0.0249. The molecule has 0 aliphatic rings. The lowest BCUT2D eigenvalue weighted by molar-refractivity contribution is -0.849. The lowest BCUT2D eigenvalue weighted by Gasteiger charge is -2.14. The maximum absolute atomic E-state index is 2.21. The lowest BCUT2D eigenvalue weighted by Crippen LogP contribution is -2.27. The molecule has 0 fully saturated rings. The van der Waals surface area contributed by atoms with E-state index in [-0.39, 0.29) is 0 Å². The zero-order valence-corrected chi connectivity index (χ0v) is 8.57. The zero-order chi connectivity index (χ0) is 8.62. The fourth-order valence-corrected chi connectivity index (χ4v) is 0.354. The molecule has 0 saturated heterocycles. The predicted octanol–water partition coefficient (Wildman–Crippen LogP) is 1.16. The molecule has 62 valence electrons. The SMILES string of the molecule is BCCCC.C[N+](C)(C)C. The average Bonchev–Trinajstić information content (AvgIpc) is 1.63. The van der Waals surface area contributed by atoms with Crippen LogP contribution in [-0.4, -0.2) is 40.5 Å². The predicted molar refractivity (Wildman–Crippen MR) is 52.2 cm³/mol. The van der Waals surface area contributed by atoms with Gasteiger partial charge in [-0.25, -0.2) is 0 Å². The van der Waals surface area contributed by atoms with E-state index in [9.17, 15) is 0 Å². The first kappa shape index (κ1) is 12.7. The molecule has 0 N–H and O–H groups in total. The molecule has 0 aliphatic carbocycles. The van der Waals surface area contributed by atoms with Crippen molar-refractivity contribution in [2.24, 2.45) is 0 Å². The van der Waals surface area contributed by atoms with Gasteiger partial charge in [-0.1, -0.05) is 26.1 Å². The van der Waals surface area contributed by atoms with Crippen LogP contribution in [0, 0.1) is 0 Å². The van der Waals surface area contributed by atoms with E-state index in [1.165, 1.54) is 19.2 Å². The van der Waals surface area contributed by atoms with Crippen LogP contribution in [0.3, 0.4) is 0 Å². The van der Waals surface area contributed by atoms with E-state index in [4.69, 9.17) is 0 Å². The summed E-state index contributed by atoms with van der Waals surface area (Å²) in [5.41, 5.74) is 0. The van der Waals surface area contributed by atoms with Gasteiger partial charge in [0.1, 0.15) is 7.85 Å². The molecule has 0 radical (unpaired) electrons. The van der Waals surface area contributed by atoms with E-state index in [0.717, 1.165) is 4.48 Å². The lowest BCUT2D eigenvalue weighted by atomic mass is 10.0. The summed E-state index contributed by atoms with van der Waals surface area (Å²) in [5.74, 6) is 0. The molecule has 0 bridgehead atoms. The van der Waals surface area contributed by atoms with Crippen LogP contribution < -0.4 is 0 Å². The molecule has 1 nitrogen and oxygen atoms in total. The molecule has 0 saturated carbocycles. The normalized spacial score (nSPS) is 10.1. The van der Waals surface area contributed by atoms with E-state index in [2.05, 4.69) is 43.0 Å². The van der Waals surface area contributed by atoms with Gasteiger partial charge in [-0.05, 0) is 0 Å². The van der Waals surface area contributed by atoms with Gasteiger partial charge in [0.05, 0.1) is 28.2 Å². The summed E-state index contributed by atoms with van der Waals surface area (Å²) in [7, 11) is 10.7. The van der Waals surface area contributed by atoms with Gasteiger partial charge in [0, 0.05) is 0 Å². The highest BCUT2D eigenvalue weighted by Gasteiger charge is 1.88. The standard InChI is InChI=1S/C4H11B.C4H12N/c1-2-3-4-5;1-5(2,3)4/h2-5H2,1H3;1-4H3/q;+1. The summed E-state index contributed by atoms with van der Waals surface area (Å²) in [4.78, 5) is 0. The first-order chi connectivity index (χ1) is 4.41. The number of hydrogen-bond acceptors (Lipinski definition) is 0. The van der Waals surface area contributed by atoms with Crippen molar-refractivity contribution in [3.8, 4) is 0 Å². The Kier molecular flexibility index (Phi) is 9.05. The molecule has 0 aromatic heterocycles. The Bertz CT molecular complexity index is 48.8. The molecule has 0 spiro atoms. The van der Waals surface area contributed by atoms with E-state index >= 15 is 0 Å². The second kappa shape index (κ2) is 7.14. The second-order valence-electron chi connectivity index (χ2n) is 4.04. The van der Waals surface area contributed by atoms with Gasteiger partial charge in [0.25, 0.3) is 0 Å². The first-order valence-electron chi connectivity index (χ1n) is 4.20. The van der Waals surface area contributed by atoms with Crippen molar-refractivity contribution in [2.45, 2.75) is 26.1 Å². The molecule has 0 rings (SSSR count). The highest BCUT2D eigenvalue weighted by Crippen LogP contribution is 1.86. The number of rotatable bonds is 2. The van der Waals surface area contributed by atoms with Gasteiger partial charge < -0.3 is 4.48 Å². The number of hydrogen-bond donors (Lipinski definition) is 0. The number of nitrogens with zero attached hydrogens (tertiary/aromatic N) is 1. The van der Waals surface area contributed by atoms with Gasteiger partial charge >= 0.3 is 0 Å². The minimum Gasteiger partial charge on any atom is -0.333 e. The van der Waals surface area contributed by atoms with Gasteiger partial charge in [0.2, 0.25) is 0 Å². The van der Waals surface area contributed by atoms with Gasteiger partial charge in [-0.3, -0.25) is 0 Å². The Morgan fingerprint density at radius 2 is 1.40 bits per heavy atom. The van der Waals surface area contributed by atoms with Crippen molar-refractivity contribution >= 4 is 7.85 Å². The van der Waals surface area contributed by atoms with Crippen LogP contribution in [0.2, 0.25) is 6.32 Å². The molecule has 10 heavy (non-hydrogen) atoms. The van der Waals surface area contributed by atoms with Crippen molar-refractivity contribution in [2.75, 3.05) is 28.2 Å². The zero-order valence-electron chi connectivity index (χ0n) is 8.57. The molecule has 2 heteroatoms. The Labute approximate surface area is 67.4 Å². The summed E-state index contributed by atoms with van der Waals surface area (Å²) in [6.07, 6.45) is 4.08. The summed E-state index contributed by atoms with van der Waals surface area (Å²) >= 11 is 0. The largest absolute Gasteiger partial charge is 0.333 e. The third kappa shape index (κ3) is 96.6. The number of unbranched alkanes of at least 4 members (excludes halogenated alkanes) is 1. The van der Waals surface area contributed by atoms with Crippen LogP contribution in [-0.2, 0) is 0 Å². The Morgan fingerprint density at radius 3 is 1.40 bits per heavy atom. The van der Waals surface area contributed by atoms with E-state index in [0.29, 0.717) is 0 Å². The van der Waals surface area contributed by atoms with Crippen molar-refractivity contribution in [1.29, 1.82) is 0 Å². The first-order valence-corrected chi connectivity index (χ1v) is 4.20. The van der Waals surface area contributed by atoms with Crippen LogP contribution in [0.4, 0.5) is 0 Å². The Morgan fingerprint density at radius 1 is 1.10 bits per heavy atom. The van der Waals surface area contributed by atoms with Crippen LogP contribution >= 0.6 is 0 Å². The smallest absolute Gasteiger partial charge is 0.101 e. The van der Waals surface area contributed by atoms with Crippen LogP contribution in [0.15, 0.2) is 0 Å². The third-order valence-corrected chi connectivity index (χ3v) is 0.707. The minimum absolute atomic E-state index is 1.00. The van der Waals surface area contributed by atoms with Crippen LogP contribution in [0.1, 0.15) is 19.8 Å². The fourth-order valence-electron chi connectivity index (χ4n) is 0.354. The van der Waals surface area contributed by atoms with Crippen molar-refractivity contribution in [3.63, 3.8) is 0 Å². The molecule has 0 aromatic carbocycles. The highest BCUT2D eigenvalue weighted by molar-refractivity contribution is 6.08. The molecule has 0 unspecified atom stereocenters. The average molecular weight is 144 g/mol. The molecule has 0 aliphatic heterocycles. The van der Waals surface area contributed by atoms with Crippen molar-refractivity contribution < 1.29 is 4.48 Å². The van der Waals surface area contributed by atoms with Gasteiger partial charge in [-0.2, -0.15) is 0 Å². The maximum Gasteiger partial charge on any atom is 0.101 e. The Balaban J connectivity index is 0. The van der Waals surface area contributed by atoms with Gasteiger partial charge in [-0.15, -0.1) is 0 Å². The minimum atomic E-state index is 1.00. The van der Waals surface area contributed by atoms with Gasteiger partial charge in [0.15, 0.2) is 0 Å². The summed E-state index contributed by atoms with van der Waals surface area (Å²) in [6, 6.07) is 0. The van der Waals surface area contributed by atoms with Crippen LogP contribution in [0.25, 0.3) is 0 Å². The molecular formula is C8H23BN+. The van der Waals surface area contributed by atoms with E-state index < -0.39 is 0 Å². The van der Waals surface area contributed by atoms with Crippen LogP contribution in [0.5, 0.6) is 0 Å². The van der Waals surface area contributed by atoms with E-state index in [1.54, 1.807) is 0 Å². The third-order valence-electron chi connectivity index (χ3n) is 0.707.